The summed E-state index contributed by atoms with van der Waals surface area (Å²) in [5.74, 6) is 1.87. The zero-order chi connectivity index (χ0) is 17.9. The summed E-state index contributed by atoms with van der Waals surface area (Å²) in [4.78, 5) is 25.0. The van der Waals surface area contributed by atoms with Crippen LogP contribution in [0.1, 0.15) is 16.2 Å². The van der Waals surface area contributed by atoms with E-state index >= 15 is 0 Å². The molecule has 3 aromatic heterocycles. The molecule has 0 radical (unpaired) electrons. The summed E-state index contributed by atoms with van der Waals surface area (Å²) in [6.07, 6.45) is 6.76. The van der Waals surface area contributed by atoms with Gasteiger partial charge in [0, 0.05) is 23.5 Å². The zero-order valence-corrected chi connectivity index (χ0v) is 13.9. The Balaban J connectivity index is 1.46. The second-order valence-corrected chi connectivity index (χ2v) is 5.65. The number of rotatable bonds is 4. The summed E-state index contributed by atoms with van der Waals surface area (Å²) in [7, 11) is 0. The van der Waals surface area contributed by atoms with Crippen LogP contribution in [0.3, 0.4) is 0 Å². The highest BCUT2D eigenvalue weighted by Gasteiger charge is 2.09. The highest BCUT2D eigenvalue weighted by atomic mass is 16.1. The van der Waals surface area contributed by atoms with Crippen molar-refractivity contribution in [1.82, 2.24) is 29.7 Å². The van der Waals surface area contributed by atoms with Crippen LogP contribution >= 0.6 is 0 Å². The van der Waals surface area contributed by atoms with Crippen LogP contribution < -0.4 is 5.32 Å². The Labute approximate surface area is 149 Å². The first-order valence-corrected chi connectivity index (χ1v) is 7.94. The van der Waals surface area contributed by atoms with Gasteiger partial charge in [0.1, 0.15) is 18.0 Å². The van der Waals surface area contributed by atoms with Crippen molar-refractivity contribution in [2.45, 2.75) is 6.92 Å². The van der Waals surface area contributed by atoms with Gasteiger partial charge in [-0.1, -0.05) is 12.1 Å². The molecule has 2 N–H and O–H groups in total. The number of aromatic amines is 1. The van der Waals surface area contributed by atoms with Crippen LogP contribution in [-0.4, -0.2) is 35.6 Å². The van der Waals surface area contributed by atoms with Gasteiger partial charge in [0.05, 0.1) is 11.9 Å². The lowest BCUT2D eigenvalue weighted by Gasteiger charge is -2.07. The number of benzene rings is 1. The van der Waals surface area contributed by atoms with E-state index in [1.165, 1.54) is 0 Å². The topological polar surface area (TPSA) is 101 Å². The molecule has 1 aromatic carbocycles. The molecule has 0 saturated heterocycles. The van der Waals surface area contributed by atoms with Crippen LogP contribution in [0, 0.1) is 6.92 Å². The molecule has 3 heterocycles. The second-order valence-electron chi connectivity index (χ2n) is 5.65. The van der Waals surface area contributed by atoms with Gasteiger partial charge in [0.25, 0.3) is 5.91 Å². The van der Waals surface area contributed by atoms with Gasteiger partial charge >= 0.3 is 0 Å². The molecule has 0 fully saturated rings. The normalized spacial score (nSPS) is 10.7. The van der Waals surface area contributed by atoms with E-state index in [0.717, 1.165) is 17.2 Å². The SMILES string of the molecule is Cc1nc(-c2ccc(C(=O)Nc3ccc(-n4ccnc4)nc3)cc2)n[nH]1. The standard InChI is InChI=1S/C18H15N7O/c1-12-21-17(24-23-12)13-2-4-14(5-3-13)18(26)22-15-6-7-16(20-10-15)25-9-8-19-11-25/h2-11H,1H3,(H,22,26)(H,21,23,24). The van der Waals surface area contributed by atoms with Crippen molar-refractivity contribution in [3.63, 3.8) is 0 Å². The van der Waals surface area contributed by atoms with Crippen LogP contribution in [0.25, 0.3) is 17.2 Å². The fourth-order valence-corrected chi connectivity index (χ4v) is 2.45. The minimum Gasteiger partial charge on any atom is -0.321 e. The molecule has 0 aliphatic rings. The lowest BCUT2D eigenvalue weighted by atomic mass is 10.1. The number of aromatic nitrogens is 6. The molecule has 0 atom stereocenters. The predicted molar refractivity (Wildman–Crippen MR) is 95.9 cm³/mol. The molecule has 8 nitrogen and oxygen atoms in total. The molecule has 0 aliphatic carbocycles. The number of amides is 1. The smallest absolute Gasteiger partial charge is 0.255 e. The third-order valence-corrected chi connectivity index (χ3v) is 3.78. The average Bonchev–Trinajstić information content (AvgIpc) is 3.34. The van der Waals surface area contributed by atoms with E-state index in [4.69, 9.17) is 0 Å². The number of hydrogen-bond donors (Lipinski definition) is 2. The maximum atomic E-state index is 12.4. The molecule has 4 rings (SSSR count). The number of imidazole rings is 1. The Bertz CT molecular complexity index is 1020. The molecule has 8 heteroatoms. The number of nitrogens with zero attached hydrogens (tertiary/aromatic N) is 5. The quantitative estimate of drug-likeness (QED) is 0.592. The number of carbonyl (C=O) groups excluding carboxylic acids is 1. The van der Waals surface area contributed by atoms with Gasteiger partial charge < -0.3 is 5.32 Å². The predicted octanol–water partition coefficient (Wildman–Crippen LogP) is 2.61. The van der Waals surface area contributed by atoms with Crippen LogP contribution in [0.4, 0.5) is 5.69 Å². The van der Waals surface area contributed by atoms with Crippen molar-refractivity contribution in [3.8, 4) is 17.2 Å². The number of hydrogen-bond acceptors (Lipinski definition) is 5. The minimum absolute atomic E-state index is 0.208. The Morgan fingerprint density at radius 2 is 2.00 bits per heavy atom. The van der Waals surface area contributed by atoms with Crippen LogP contribution in [0.5, 0.6) is 0 Å². The monoisotopic (exact) mass is 345 g/mol. The largest absolute Gasteiger partial charge is 0.321 e. The highest BCUT2D eigenvalue weighted by Crippen LogP contribution is 2.17. The molecule has 0 unspecified atom stereocenters. The Morgan fingerprint density at radius 1 is 1.15 bits per heavy atom. The summed E-state index contributed by atoms with van der Waals surface area (Å²) < 4.78 is 1.79. The van der Waals surface area contributed by atoms with E-state index in [2.05, 4.69) is 30.5 Å². The van der Waals surface area contributed by atoms with E-state index in [0.29, 0.717) is 17.1 Å². The van der Waals surface area contributed by atoms with E-state index in [-0.39, 0.29) is 5.91 Å². The van der Waals surface area contributed by atoms with Crippen molar-refractivity contribution < 1.29 is 4.79 Å². The van der Waals surface area contributed by atoms with Crippen molar-refractivity contribution in [2.75, 3.05) is 5.32 Å². The Hall–Kier alpha value is -3.81. The van der Waals surface area contributed by atoms with Crippen molar-refractivity contribution >= 4 is 11.6 Å². The van der Waals surface area contributed by atoms with E-state index in [1.807, 2.05) is 25.1 Å². The third kappa shape index (κ3) is 3.20. The molecule has 0 saturated carbocycles. The fraction of sp³-hybridized carbons (Fsp3) is 0.0556. The average molecular weight is 345 g/mol. The summed E-state index contributed by atoms with van der Waals surface area (Å²) in [6, 6.07) is 10.7. The van der Waals surface area contributed by atoms with Crippen LogP contribution in [-0.2, 0) is 0 Å². The Morgan fingerprint density at radius 3 is 2.62 bits per heavy atom. The van der Waals surface area contributed by atoms with Gasteiger partial charge in [-0.3, -0.25) is 14.5 Å². The molecule has 1 amide bonds. The highest BCUT2D eigenvalue weighted by molar-refractivity contribution is 6.04. The molecular weight excluding hydrogens is 330 g/mol. The molecule has 0 spiro atoms. The Kier molecular flexibility index (Phi) is 3.98. The molecule has 0 bridgehead atoms. The maximum Gasteiger partial charge on any atom is 0.255 e. The molecule has 0 aliphatic heterocycles. The number of nitrogens with one attached hydrogen (secondary N) is 2. The second kappa shape index (κ2) is 6.60. The van der Waals surface area contributed by atoms with Crippen molar-refractivity contribution in [3.05, 3.63) is 72.7 Å². The first-order chi connectivity index (χ1) is 12.7. The van der Waals surface area contributed by atoms with Gasteiger partial charge in [-0.25, -0.2) is 15.0 Å². The van der Waals surface area contributed by atoms with Gasteiger partial charge in [0.2, 0.25) is 0 Å². The first kappa shape index (κ1) is 15.7. The van der Waals surface area contributed by atoms with Crippen LogP contribution in [0.15, 0.2) is 61.3 Å². The summed E-state index contributed by atoms with van der Waals surface area (Å²) >= 11 is 0. The molecular formula is C18H15N7O. The maximum absolute atomic E-state index is 12.4. The summed E-state index contributed by atoms with van der Waals surface area (Å²) in [6.45, 7) is 1.84. The first-order valence-electron chi connectivity index (χ1n) is 7.94. The summed E-state index contributed by atoms with van der Waals surface area (Å²) in [5.41, 5.74) is 2.00. The number of anilines is 1. The van der Waals surface area contributed by atoms with E-state index in [9.17, 15) is 4.79 Å². The fourth-order valence-electron chi connectivity index (χ4n) is 2.45. The van der Waals surface area contributed by atoms with Gasteiger partial charge in [-0.05, 0) is 31.2 Å². The van der Waals surface area contributed by atoms with Crippen LogP contribution in [0.2, 0.25) is 0 Å². The van der Waals surface area contributed by atoms with Crippen molar-refractivity contribution in [2.24, 2.45) is 0 Å². The lowest BCUT2D eigenvalue weighted by molar-refractivity contribution is 0.102. The number of carbonyl (C=O) groups is 1. The summed E-state index contributed by atoms with van der Waals surface area (Å²) in [5, 5.41) is 9.74. The molecule has 4 aromatic rings. The van der Waals surface area contributed by atoms with Gasteiger partial charge in [0.15, 0.2) is 5.82 Å². The van der Waals surface area contributed by atoms with E-state index < -0.39 is 0 Å². The number of aryl methyl sites for hydroxylation is 1. The van der Waals surface area contributed by atoms with Gasteiger partial charge in [-0.2, -0.15) is 5.10 Å². The molecule has 26 heavy (non-hydrogen) atoms. The minimum atomic E-state index is -0.208. The lowest BCUT2D eigenvalue weighted by Crippen LogP contribution is -2.12. The zero-order valence-electron chi connectivity index (χ0n) is 13.9. The van der Waals surface area contributed by atoms with E-state index in [1.54, 1.807) is 47.7 Å². The third-order valence-electron chi connectivity index (χ3n) is 3.78. The number of pyridine rings is 1. The van der Waals surface area contributed by atoms with Crippen molar-refractivity contribution in [1.29, 1.82) is 0 Å². The molecule has 128 valence electrons. The number of H-pyrrole nitrogens is 1. The van der Waals surface area contributed by atoms with Gasteiger partial charge in [-0.15, -0.1) is 0 Å².